The fourth-order valence-electron chi connectivity index (χ4n) is 3.55. The van der Waals surface area contributed by atoms with Crippen LogP contribution in [0.1, 0.15) is 36.0 Å². The lowest BCUT2D eigenvalue weighted by Gasteiger charge is -2.27. The maximum atomic E-state index is 12.4. The lowest BCUT2D eigenvalue weighted by atomic mass is 10.1. The molecule has 0 spiro atoms. The molecule has 0 radical (unpaired) electrons. The largest absolute Gasteiger partial charge is 0.361 e. The minimum absolute atomic E-state index is 0.0287. The monoisotopic (exact) mass is 400 g/mol. The number of nitrogens with zero attached hydrogens (tertiary/aromatic N) is 2. The highest BCUT2D eigenvalue weighted by molar-refractivity contribution is 9.10. The lowest BCUT2D eigenvalue weighted by Crippen LogP contribution is -2.35. The molecular weight excluding hydrogens is 380 g/mol. The van der Waals surface area contributed by atoms with Crippen LogP contribution in [0.4, 0.5) is 0 Å². The SMILES string of the molecule is CCCc1nc2c(c(=O)[nH]1)CN(Cc1c[nH]c3cc(Br)ccc13)CC2. The summed E-state index contributed by atoms with van der Waals surface area (Å²) in [5.41, 5.74) is 4.23. The normalized spacial score (nSPS) is 14.8. The van der Waals surface area contributed by atoms with Gasteiger partial charge in [-0.05, 0) is 24.1 Å². The molecule has 3 aromatic rings. The van der Waals surface area contributed by atoms with E-state index in [1.54, 1.807) is 0 Å². The molecule has 0 saturated heterocycles. The summed E-state index contributed by atoms with van der Waals surface area (Å²) in [5, 5.41) is 1.24. The average Bonchev–Trinajstić information content (AvgIpc) is 2.98. The third-order valence-electron chi connectivity index (χ3n) is 4.81. The molecule has 2 N–H and O–H groups in total. The Bertz CT molecular complexity index is 975. The number of halogens is 1. The third kappa shape index (κ3) is 3.28. The summed E-state index contributed by atoms with van der Waals surface area (Å²) in [7, 11) is 0. The number of aryl methyl sites for hydroxylation is 1. The molecule has 0 aliphatic carbocycles. The van der Waals surface area contributed by atoms with Gasteiger partial charge in [0.1, 0.15) is 5.82 Å². The van der Waals surface area contributed by atoms with Crippen molar-refractivity contribution in [1.82, 2.24) is 19.9 Å². The predicted molar refractivity (Wildman–Crippen MR) is 103 cm³/mol. The molecule has 0 atom stereocenters. The van der Waals surface area contributed by atoms with Crippen molar-refractivity contribution in [2.45, 2.75) is 39.3 Å². The smallest absolute Gasteiger partial charge is 0.255 e. The first-order chi connectivity index (χ1) is 12.1. The number of hydrogen-bond acceptors (Lipinski definition) is 3. The van der Waals surface area contributed by atoms with Gasteiger partial charge < -0.3 is 9.97 Å². The van der Waals surface area contributed by atoms with Crippen LogP contribution in [-0.4, -0.2) is 26.4 Å². The molecular formula is C19H21BrN4O. The van der Waals surface area contributed by atoms with Crippen molar-refractivity contribution in [3.05, 3.63) is 61.9 Å². The van der Waals surface area contributed by atoms with Crippen LogP contribution >= 0.6 is 15.9 Å². The van der Waals surface area contributed by atoms with Gasteiger partial charge in [0.2, 0.25) is 0 Å². The summed E-state index contributed by atoms with van der Waals surface area (Å²) >= 11 is 3.51. The van der Waals surface area contributed by atoms with Gasteiger partial charge in [-0.2, -0.15) is 0 Å². The fourth-order valence-corrected chi connectivity index (χ4v) is 3.91. The number of rotatable bonds is 4. The van der Waals surface area contributed by atoms with Crippen molar-refractivity contribution >= 4 is 26.8 Å². The van der Waals surface area contributed by atoms with Crippen LogP contribution in [0.3, 0.4) is 0 Å². The van der Waals surface area contributed by atoms with Gasteiger partial charge in [-0.15, -0.1) is 0 Å². The van der Waals surface area contributed by atoms with Gasteiger partial charge in [-0.1, -0.05) is 28.9 Å². The zero-order valence-electron chi connectivity index (χ0n) is 14.2. The maximum absolute atomic E-state index is 12.4. The quantitative estimate of drug-likeness (QED) is 0.703. The van der Waals surface area contributed by atoms with Crippen molar-refractivity contribution in [2.24, 2.45) is 0 Å². The van der Waals surface area contributed by atoms with E-state index in [-0.39, 0.29) is 5.56 Å². The number of nitrogens with one attached hydrogen (secondary N) is 2. The number of benzene rings is 1. The molecule has 25 heavy (non-hydrogen) atoms. The molecule has 0 fully saturated rings. The molecule has 1 aromatic carbocycles. The Hall–Kier alpha value is -1.92. The van der Waals surface area contributed by atoms with Gasteiger partial charge in [-0.3, -0.25) is 9.69 Å². The van der Waals surface area contributed by atoms with Gasteiger partial charge in [0.25, 0.3) is 5.56 Å². The summed E-state index contributed by atoms with van der Waals surface area (Å²) in [4.78, 5) is 25.7. The third-order valence-corrected chi connectivity index (χ3v) is 5.30. The second-order valence-corrected chi connectivity index (χ2v) is 7.57. The highest BCUT2D eigenvalue weighted by Crippen LogP contribution is 2.25. The van der Waals surface area contributed by atoms with E-state index in [1.807, 2.05) is 0 Å². The molecule has 0 unspecified atom stereocenters. The highest BCUT2D eigenvalue weighted by Gasteiger charge is 2.21. The number of hydrogen-bond donors (Lipinski definition) is 2. The van der Waals surface area contributed by atoms with Gasteiger partial charge >= 0.3 is 0 Å². The zero-order chi connectivity index (χ0) is 17.4. The summed E-state index contributed by atoms with van der Waals surface area (Å²) in [6.45, 7) is 4.52. The van der Waals surface area contributed by atoms with Crippen LogP contribution in [0.2, 0.25) is 0 Å². The predicted octanol–water partition coefficient (Wildman–Crippen LogP) is 3.52. The first kappa shape index (κ1) is 16.5. The average molecular weight is 401 g/mol. The summed E-state index contributed by atoms with van der Waals surface area (Å²) in [6.07, 6.45) is 4.73. The standard InChI is InChI=1S/C19H21BrN4O/c1-2-3-18-22-16-6-7-24(11-15(16)19(25)23-18)10-12-9-21-17-8-13(20)4-5-14(12)17/h4-5,8-9,21H,2-3,6-7,10-11H2,1H3,(H,22,23,25). The Labute approximate surface area is 154 Å². The van der Waals surface area contributed by atoms with E-state index in [9.17, 15) is 4.79 Å². The first-order valence-electron chi connectivity index (χ1n) is 8.73. The molecule has 0 bridgehead atoms. The summed E-state index contributed by atoms with van der Waals surface area (Å²) in [5.74, 6) is 0.821. The molecule has 4 rings (SSSR count). The molecule has 0 saturated carbocycles. The molecule has 1 aliphatic heterocycles. The highest BCUT2D eigenvalue weighted by atomic mass is 79.9. The summed E-state index contributed by atoms with van der Waals surface area (Å²) in [6, 6.07) is 6.29. The Morgan fingerprint density at radius 3 is 3.08 bits per heavy atom. The Kier molecular flexibility index (Phi) is 4.48. The second kappa shape index (κ2) is 6.77. The minimum atomic E-state index is 0.0287. The van der Waals surface area contributed by atoms with E-state index >= 15 is 0 Å². The van der Waals surface area contributed by atoms with Crippen molar-refractivity contribution in [3.8, 4) is 0 Å². The Morgan fingerprint density at radius 1 is 1.36 bits per heavy atom. The van der Waals surface area contributed by atoms with E-state index in [4.69, 9.17) is 0 Å². The molecule has 2 aromatic heterocycles. The van der Waals surface area contributed by atoms with Crippen LogP contribution in [-0.2, 0) is 25.9 Å². The zero-order valence-corrected chi connectivity index (χ0v) is 15.8. The van der Waals surface area contributed by atoms with Crippen molar-refractivity contribution in [2.75, 3.05) is 6.54 Å². The Balaban J connectivity index is 1.57. The molecule has 1 aliphatic rings. The van der Waals surface area contributed by atoms with Gasteiger partial charge in [0, 0.05) is 54.0 Å². The van der Waals surface area contributed by atoms with Crippen LogP contribution in [0.15, 0.2) is 33.7 Å². The second-order valence-electron chi connectivity index (χ2n) is 6.65. The van der Waals surface area contributed by atoms with Crippen LogP contribution in [0.5, 0.6) is 0 Å². The van der Waals surface area contributed by atoms with Gasteiger partial charge in [0.15, 0.2) is 0 Å². The van der Waals surface area contributed by atoms with E-state index in [0.717, 1.165) is 59.4 Å². The molecule has 5 nitrogen and oxygen atoms in total. The first-order valence-corrected chi connectivity index (χ1v) is 9.52. The molecule has 6 heteroatoms. The van der Waals surface area contributed by atoms with Crippen molar-refractivity contribution in [1.29, 1.82) is 0 Å². The van der Waals surface area contributed by atoms with Crippen LogP contribution < -0.4 is 5.56 Å². The number of H-pyrrole nitrogens is 2. The molecule has 3 heterocycles. The maximum Gasteiger partial charge on any atom is 0.255 e. The lowest BCUT2D eigenvalue weighted by molar-refractivity contribution is 0.242. The van der Waals surface area contributed by atoms with Crippen LogP contribution in [0.25, 0.3) is 10.9 Å². The topological polar surface area (TPSA) is 64.8 Å². The number of aromatic amines is 2. The van der Waals surface area contributed by atoms with Gasteiger partial charge in [0.05, 0.1) is 11.3 Å². The number of aromatic nitrogens is 3. The van der Waals surface area contributed by atoms with E-state index in [1.165, 1.54) is 10.9 Å². The van der Waals surface area contributed by atoms with Gasteiger partial charge in [-0.25, -0.2) is 4.98 Å². The van der Waals surface area contributed by atoms with Crippen LogP contribution in [0, 0.1) is 0 Å². The fraction of sp³-hybridized carbons (Fsp3) is 0.368. The van der Waals surface area contributed by atoms with E-state index in [0.29, 0.717) is 6.54 Å². The molecule has 0 amide bonds. The summed E-state index contributed by atoms with van der Waals surface area (Å²) < 4.78 is 1.07. The van der Waals surface area contributed by atoms with Crippen molar-refractivity contribution < 1.29 is 0 Å². The Morgan fingerprint density at radius 2 is 2.24 bits per heavy atom. The number of fused-ring (bicyclic) bond motifs is 2. The molecule has 130 valence electrons. The van der Waals surface area contributed by atoms with Crippen molar-refractivity contribution in [3.63, 3.8) is 0 Å². The minimum Gasteiger partial charge on any atom is -0.361 e. The van der Waals surface area contributed by atoms with E-state index < -0.39 is 0 Å². The van der Waals surface area contributed by atoms with E-state index in [2.05, 4.69) is 67.1 Å².